The molecule has 1 N–H and O–H groups in total. The van der Waals surface area contributed by atoms with Gasteiger partial charge in [0.05, 0.1) is 0 Å². The molecule has 0 radical (unpaired) electrons. The van der Waals surface area contributed by atoms with Crippen molar-refractivity contribution < 1.29 is 0 Å². The topological polar surface area (TPSA) is 57.2 Å². The van der Waals surface area contributed by atoms with Crippen LogP contribution in [0, 0.1) is 0 Å². The van der Waals surface area contributed by atoms with Crippen molar-refractivity contribution in [2.75, 3.05) is 35.3 Å². The third kappa shape index (κ3) is 2.76. The zero-order chi connectivity index (χ0) is 14.8. The van der Waals surface area contributed by atoms with Gasteiger partial charge in [0.1, 0.15) is 0 Å². The number of aromatic nitrogens is 3. The van der Waals surface area contributed by atoms with E-state index in [-0.39, 0.29) is 0 Å². The van der Waals surface area contributed by atoms with Crippen LogP contribution in [-0.2, 0) is 0 Å². The number of anilines is 3. The first-order valence-corrected chi connectivity index (χ1v) is 8.20. The van der Waals surface area contributed by atoms with Crippen LogP contribution in [-0.4, -0.2) is 47.2 Å². The minimum absolute atomic E-state index is 0.508. The lowest BCUT2D eigenvalue weighted by Crippen LogP contribution is -2.36. The molecule has 0 bridgehead atoms. The first-order valence-electron chi connectivity index (χ1n) is 8.20. The molecular weight excluding hydrogens is 264 g/mol. The molecule has 2 unspecified atom stereocenters. The molecule has 0 spiro atoms. The molecule has 3 rings (SSSR count). The number of nitrogens with zero attached hydrogens (tertiary/aromatic N) is 5. The van der Waals surface area contributed by atoms with Crippen molar-refractivity contribution >= 4 is 17.8 Å². The number of hydrogen-bond acceptors (Lipinski definition) is 6. The smallest absolute Gasteiger partial charge is 0.232 e. The number of hydrogen-bond donors (Lipinski definition) is 1. The molecule has 2 aliphatic rings. The van der Waals surface area contributed by atoms with Gasteiger partial charge in [-0.2, -0.15) is 15.0 Å². The maximum atomic E-state index is 4.78. The average molecular weight is 290 g/mol. The summed E-state index contributed by atoms with van der Waals surface area (Å²) >= 11 is 0. The second-order valence-electron chi connectivity index (χ2n) is 6.10. The lowest BCUT2D eigenvalue weighted by molar-refractivity contribution is 0.611. The summed E-state index contributed by atoms with van der Waals surface area (Å²) in [5, 5.41) is 3.09. The van der Waals surface area contributed by atoms with E-state index < -0.39 is 0 Å². The van der Waals surface area contributed by atoms with Crippen molar-refractivity contribution in [1.82, 2.24) is 15.0 Å². The van der Waals surface area contributed by atoms with Crippen LogP contribution >= 0.6 is 0 Å². The molecule has 2 saturated heterocycles. The van der Waals surface area contributed by atoms with E-state index in [4.69, 9.17) is 4.98 Å². The Labute approximate surface area is 127 Å². The third-order valence-corrected chi connectivity index (χ3v) is 4.71. The second kappa shape index (κ2) is 6.03. The Bertz CT molecular complexity index is 485. The third-order valence-electron chi connectivity index (χ3n) is 4.71. The minimum atomic E-state index is 0.508. The molecule has 0 aromatic carbocycles. The fraction of sp³-hybridized carbons (Fsp3) is 0.800. The Morgan fingerprint density at radius 1 is 1.10 bits per heavy atom. The highest BCUT2D eigenvalue weighted by molar-refractivity contribution is 5.47. The number of nitrogens with one attached hydrogen (secondary N) is 1. The molecular formula is C15H26N6. The van der Waals surface area contributed by atoms with Crippen molar-refractivity contribution in [2.24, 2.45) is 0 Å². The van der Waals surface area contributed by atoms with Crippen LogP contribution in [0.5, 0.6) is 0 Å². The molecule has 116 valence electrons. The maximum absolute atomic E-state index is 4.78. The van der Waals surface area contributed by atoms with Crippen LogP contribution in [0.2, 0.25) is 0 Å². The largest absolute Gasteiger partial charge is 0.357 e. The summed E-state index contributed by atoms with van der Waals surface area (Å²) in [7, 11) is 1.87. The van der Waals surface area contributed by atoms with Crippen LogP contribution in [0.1, 0.15) is 46.0 Å². The van der Waals surface area contributed by atoms with Gasteiger partial charge in [-0.05, 0) is 39.0 Å². The molecule has 21 heavy (non-hydrogen) atoms. The van der Waals surface area contributed by atoms with E-state index in [2.05, 4.69) is 38.9 Å². The van der Waals surface area contributed by atoms with Gasteiger partial charge in [0.2, 0.25) is 17.8 Å². The van der Waals surface area contributed by atoms with E-state index in [0.29, 0.717) is 18.0 Å². The molecule has 0 aliphatic carbocycles. The van der Waals surface area contributed by atoms with Gasteiger partial charge in [0.15, 0.2) is 0 Å². The van der Waals surface area contributed by atoms with Crippen LogP contribution in [0.3, 0.4) is 0 Å². The first-order chi connectivity index (χ1) is 10.2. The lowest BCUT2D eigenvalue weighted by Gasteiger charge is -2.29. The molecule has 0 amide bonds. The Morgan fingerprint density at radius 2 is 1.81 bits per heavy atom. The Balaban J connectivity index is 1.95. The quantitative estimate of drug-likeness (QED) is 0.918. The summed E-state index contributed by atoms with van der Waals surface area (Å²) in [6, 6.07) is 1.06. The minimum Gasteiger partial charge on any atom is -0.357 e. The molecule has 1 aromatic rings. The fourth-order valence-electron chi connectivity index (χ4n) is 3.47. The predicted octanol–water partition coefficient (Wildman–Crippen LogP) is 2.28. The molecule has 2 atom stereocenters. The molecule has 2 aliphatic heterocycles. The zero-order valence-corrected chi connectivity index (χ0v) is 13.3. The van der Waals surface area contributed by atoms with Gasteiger partial charge in [0, 0.05) is 32.2 Å². The van der Waals surface area contributed by atoms with Gasteiger partial charge in [0.25, 0.3) is 0 Å². The van der Waals surface area contributed by atoms with Crippen molar-refractivity contribution in [1.29, 1.82) is 0 Å². The standard InChI is InChI=1S/C15H26N6/c1-4-12-8-7-11(2)21(12)15-18-13(16-3)17-14(19-15)20-9-5-6-10-20/h11-12H,4-10H2,1-3H3,(H,16,17,18,19). The van der Waals surface area contributed by atoms with Crippen LogP contribution in [0.15, 0.2) is 0 Å². The van der Waals surface area contributed by atoms with Gasteiger partial charge in [-0.15, -0.1) is 0 Å². The van der Waals surface area contributed by atoms with Crippen molar-refractivity contribution in [3.05, 3.63) is 0 Å². The summed E-state index contributed by atoms with van der Waals surface area (Å²) in [6.07, 6.45) is 6.06. The normalized spacial score (nSPS) is 25.7. The molecule has 2 fully saturated rings. The Morgan fingerprint density at radius 3 is 2.48 bits per heavy atom. The molecule has 0 saturated carbocycles. The van der Waals surface area contributed by atoms with Gasteiger partial charge in [-0.25, -0.2) is 0 Å². The monoisotopic (exact) mass is 290 g/mol. The lowest BCUT2D eigenvalue weighted by atomic mass is 10.2. The van der Waals surface area contributed by atoms with Gasteiger partial charge < -0.3 is 15.1 Å². The van der Waals surface area contributed by atoms with Crippen LogP contribution in [0.25, 0.3) is 0 Å². The van der Waals surface area contributed by atoms with Gasteiger partial charge >= 0.3 is 0 Å². The van der Waals surface area contributed by atoms with Gasteiger partial charge in [-0.1, -0.05) is 6.92 Å². The summed E-state index contributed by atoms with van der Waals surface area (Å²) in [4.78, 5) is 18.6. The molecule has 6 heteroatoms. The predicted molar refractivity (Wildman–Crippen MR) is 86.1 cm³/mol. The Hall–Kier alpha value is -1.59. The summed E-state index contributed by atoms with van der Waals surface area (Å²) in [5.74, 6) is 2.35. The van der Waals surface area contributed by atoms with Crippen molar-refractivity contribution in [3.8, 4) is 0 Å². The number of rotatable bonds is 4. The summed E-state index contributed by atoms with van der Waals surface area (Å²) in [5.41, 5.74) is 0. The van der Waals surface area contributed by atoms with Crippen LogP contribution < -0.4 is 15.1 Å². The van der Waals surface area contributed by atoms with E-state index in [1.54, 1.807) is 0 Å². The Kier molecular flexibility index (Phi) is 4.12. The fourth-order valence-corrected chi connectivity index (χ4v) is 3.47. The average Bonchev–Trinajstić information content (AvgIpc) is 3.15. The molecule has 3 heterocycles. The van der Waals surface area contributed by atoms with Crippen molar-refractivity contribution in [2.45, 2.75) is 58.0 Å². The SMILES string of the molecule is CCC1CCC(C)N1c1nc(NC)nc(N2CCCC2)n1. The second-order valence-corrected chi connectivity index (χ2v) is 6.10. The summed E-state index contributed by atoms with van der Waals surface area (Å²) in [6.45, 7) is 6.63. The van der Waals surface area contributed by atoms with Crippen molar-refractivity contribution in [3.63, 3.8) is 0 Å². The van der Waals surface area contributed by atoms with Gasteiger partial charge in [-0.3, -0.25) is 0 Å². The van der Waals surface area contributed by atoms with Crippen LogP contribution in [0.4, 0.5) is 17.8 Å². The first kappa shape index (κ1) is 14.4. The highest BCUT2D eigenvalue weighted by Crippen LogP contribution is 2.31. The van der Waals surface area contributed by atoms with E-state index >= 15 is 0 Å². The van der Waals surface area contributed by atoms with E-state index in [9.17, 15) is 0 Å². The zero-order valence-electron chi connectivity index (χ0n) is 13.3. The van der Waals surface area contributed by atoms with E-state index in [1.165, 1.54) is 25.7 Å². The maximum Gasteiger partial charge on any atom is 0.232 e. The highest BCUT2D eigenvalue weighted by atomic mass is 15.4. The molecule has 1 aromatic heterocycles. The molecule has 6 nitrogen and oxygen atoms in total. The van der Waals surface area contributed by atoms with E-state index in [0.717, 1.165) is 31.4 Å². The summed E-state index contributed by atoms with van der Waals surface area (Å²) < 4.78 is 0. The van der Waals surface area contributed by atoms with E-state index in [1.807, 2.05) is 7.05 Å². The highest BCUT2D eigenvalue weighted by Gasteiger charge is 2.32.